The molecule has 0 fully saturated rings. The number of aromatic nitrogens is 2. The third-order valence-electron chi connectivity index (χ3n) is 6.90. The Hall–Kier alpha value is -3.59. The topological polar surface area (TPSA) is 108 Å². The van der Waals surface area contributed by atoms with E-state index in [4.69, 9.17) is 4.74 Å². The van der Waals surface area contributed by atoms with E-state index in [0.29, 0.717) is 17.8 Å². The Morgan fingerprint density at radius 1 is 1.16 bits per heavy atom. The second kappa shape index (κ2) is 6.01. The van der Waals surface area contributed by atoms with Crippen molar-refractivity contribution in [3.63, 3.8) is 0 Å². The van der Waals surface area contributed by atoms with Crippen LogP contribution < -0.4 is 11.0 Å². The normalized spacial score (nSPS) is 20.7. The maximum atomic E-state index is 14.3. The number of Topliss-reactive ketones (excluding diaryl/α,β-unsaturated/α-hetero) is 1. The minimum Gasteiger partial charge on any atom is -0.458 e. The maximum Gasteiger partial charge on any atom is 0.343 e. The number of hydrogen-bond acceptors (Lipinski definition) is 6. The fraction of sp³-hybridized carbons (Fsp3) is 0.304. The Morgan fingerprint density at radius 2 is 1.94 bits per heavy atom. The van der Waals surface area contributed by atoms with Crippen LogP contribution in [0, 0.1) is 5.82 Å². The Kier molecular flexibility index (Phi) is 3.59. The average molecular weight is 436 g/mol. The zero-order valence-corrected chi connectivity index (χ0v) is 17.0. The lowest BCUT2D eigenvalue weighted by Gasteiger charge is -2.31. The predicted molar refractivity (Wildman–Crippen MR) is 110 cm³/mol. The first-order valence-electron chi connectivity index (χ1n) is 10.4. The minimum atomic E-state index is -1.99. The highest BCUT2D eigenvalue weighted by Gasteiger charge is 2.45. The van der Waals surface area contributed by atoms with E-state index in [1.54, 1.807) is 11.5 Å². The number of nitrogens with zero attached hydrogens (tertiary/aromatic N) is 2. The molecule has 5 heterocycles. The third kappa shape index (κ3) is 2.13. The summed E-state index contributed by atoms with van der Waals surface area (Å²) in [7, 11) is 0. The second-order valence-corrected chi connectivity index (χ2v) is 8.43. The quantitative estimate of drug-likeness (QED) is 0.454. The lowest BCUT2D eigenvalue weighted by atomic mass is 9.85. The van der Waals surface area contributed by atoms with E-state index in [1.165, 1.54) is 10.6 Å². The van der Waals surface area contributed by atoms with E-state index in [2.05, 4.69) is 0 Å². The SMILES string of the molecule is CC[C@@]1(O)C(=O)OCc2c1cc1n(c2=O)Cc2c-1c(=O)c1cc(F)cc3c1n2CCC3=O. The molecule has 8 nitrogen and oxygen atoms in total. The van der Waals surface area contributed by atoms with Crippen molar-refractivity contribution in [2.45, 2.75) is 45.1 Å². The van der Waals surface area contributed by atoms with Gasteiger partial charge >= 0.3 is 5.97 Å². The number of carbonyl (C=O) groups excluding carboxylic acids is 2. The molecule has 162 valence electrons. The number of benzene rings is 1. The van der Waals surface area contributed by atoms with Crippen molar-refractivity contribution in [1.82, 2.24) is 9.13 Å². The van der Waals surface area contributed by atoms with Crippen LogP contribution in [0.4, 0.5) is 4.39 Å². The number of ketones is 1. The van der Waals surface area contributed by atoms with Gasteiger partial charge in [-0.2, -0.15) is 0 Å². The number of ether oxygens (including phenoxy) is 1. The van der Waals surface area contributed by atoms with Crippen LogP contribution in [0.25, 0.3) is 22.2 Å². The molecule has 0 saturated heterocycles. The lowest BCUT2D eigenvalue weighted by Crippen LogP contribution is -2.44. The number of carbonyl (C=O) groups is 2. The predicted octanol–water partition coefficient (Wildman–Crippen LogP) is 1.57. The highest BCUT2D eigenvalue weighted by atomic mass is 19.1. The molecular weight excluding hydrogens is 419 g/mol. The fourth-order valence-corrected chi connectivity index (χ4v) is 5.25. The van der Waals surface area contributed by atoms with E-state index in [9.17, 15) is 28.7 Å². The van der Waals surface area contributed by atoms with Crippen molar-refractivity contribution in [3.8, 4) is 11.3 Å². The van der Waals surface area contributed by atoms with Crippen LogP contribution in [0.5, 0.6) is 0 Å². The first-order chi connectivity index (χ1) is 15.3. The maximum absolute atomic E-state index is 14.3. The molecule has 0 spiro atoms. The Bertz CT molecular complexity index is 1550. The van der Waals surface area contributed by atoms with Gasteiger partial charge < -0.3 is 19.0 Å². The van der Waals surface area contributed by atoms with Gasteiger partial charge in [-0.1, -0.05) is 6.92 Å². The molecule has 32 heavy (non-hydrogen) atoms. The Balaban J connectivity index is 1.74. The van der Waals surface area contributed by atoms with Gasteiger partial charge in [0.05, 0.1) is 40.0 Å². The van der Waals surface area contributed by atoms with Crippen molar-refractivity contribution in [2.75, 3.05) is 0 Å². The summed E-state index contributed by atoms with van der Waals surface area (Å²) in [5.41, 5.74) is -1.06. The van der Waals surface area contributed by atoms with Crippen LogP contribution in [0.1, 0.15) is 46.9 Å². The molecule has 0 aliphatic carbocycles. The van der Waals surface area contributed by atoms with Crippen molar-refractivity contribution < 1.29 is 23.8 Å². The first-order valence-corrected chi connectivity index (χ1v) is 10.4. The van der Waals surface area contributed by atoms with E-state index < -0.39 is 28.4 Å². The van der Waals surface area contributed by atoms with E-state index in [1.807, 2.05) is 0 Å². The molecule has 3 aromatic rings. The van der Waals surface area contributed by atoms with Gasteiger partial charge in [-0.15, -0.1) is 0 Å². The molecule has 0 radical (unpaired) electrons. The number of rotatable bonds is 1. The lowest BCUT2D eigenvalue weighted by molar-refractivity contribution is -0.172. The molecule has 2 aromatic heterocycles. The Labute approximate surface area is 179 Å². The van der Waals surface area contributed by atoms with Crippen LogP contribution in [-0.4, -0.2) is 26.0 Å². The van der Waals surface area contributed by atoms with Crippen molar-refractivity contribution in [1.29, 1.82) is 0 Å². The van der Waals surface area contributed by atoms with Gasteiger partial charge in [-0.05, 0) is 24.6 Å². The summed E-state index contributed by atoms with van der Waals surface area (Å²) < 4.78 is 22.6. The van der Waals surface area contributed by atoms with Gasteiger partial charge in [-0.25, -0.2) is 9.18 Å². The molecule has 6 rings (SSSR count). The van der Waals surface area contributed by atoms with Crippen LogP contribution >= 0.6 is 0 Å². The molecule has 0 amide bonds. The van der Waals surface area contributed by atoms with Crippen molar-refractivity contribution in [3.05, 3.63) is 67.0 Å². The van der Waals surface area contributed by atoms with E-state index >= 15 is 0 Å². The molecule has 1 aromatic carbocycles. The molecular formula is C23H17FN2O6. The first kappa shape index (κ1) is 19.1. The van der Waals surface area contributed by atoms with Crippen molar-refractivity contribution in [2.24, 2.45) is 0 Å². The van der Waals surface area contributed by atoms with Gasteiger partial charge in [0.1, 0.15) is 12.4 Å². The minimum absolute atomic E-state index is 0.00673. The molecule has 1 atom stereocenters. The second-order valence-electron chi connectivity index (χ2n) is 8.43. The highest BCUT2D eigenvalue weighted by molar-refractivity contribution is 6.09. The molecule has 0 bridgehead atoms. The summed E-state index contributed by atoms with van der Waals surface area (Å²) in [6.07, 6.45) is 0.147. The number of cyclic esters (lactones) is 1. The van der Waals surface area contributed by atoms with Crippen LogP contribution in [0.15, 0.2) is 27.8 Å². The number of aliphatic hydroxyl groups is 1. The largest absolute Gasteiger partial charge is 0.458 e. The van der Waals surface area contributed by atoms with Gasteiger partial charge in [0, 0.05) is 24.1 Å². The molecule has 0 saturated carbocycles. The van der Waals surface area contributed by atoms with Gasteiger partial charge in [0.25, 0.3) is 5.56 Å². The zero-order valence-electron chi connectivity index (χ0n) is 17.0. The summed E-state index contributed by atoms with van der Waals surface area (Å²) in [5.74, 6) is -1.76. The number of esters is 1. The zero-order chi connectivity index (χ0) is 22.5. The molecule has 1 N–H and O–H groups in total. The molecule has 3 aliphatic rings. The number of fused-ring (bicyclic) bond motifs is 5. The summed E-state index contributed by atoms with van der Waals surface area (Å²) in [5, 5.41) is 11.0. The molecule has 0 unspecified atom stereocenters. The van der Waals surface area contributed by atoms with Crippen LogP contribution in [-0.2, 0) is 34.8 Å². The van der Waals surface area contributed by atoms with Gasteiger partial charge in [-0.3, -0.25) is 14.4 Å². The monoisotopic (exact) mass is 436 g/mol. The van der Waals surface area contributed by atoms with Crippen LogP contribution in [0.2, 0.25) is 0 Å². The number of aryl methyl sites for hydroxylation is 1. The summed E-state index contributed by atoms with van der Waals surface area (Å²) >= 11 is 0. The standard InChI is InChI=1S/C23H17FN2O6/c1-2-23(31)14-7-15-18-16(8-26(15)21(29)13(14)9-32-22(23)30)25-4-3-17(27)11-5-10(24)6-12(19(11)25)20(18)28/h5-7,31H,2-4,8-9H2,1H3/t23-/m0/s1. The molecule has 9 heteroatoms. The summed E-state index contributed by atoms with van der Waals surface area (Å²) in [6.45, 7) is 1.73. The number of hydrogen-bond donors (Lipinski definition) is 1. The third-order valence-corrected chi connectivity index (χ3v) is 6.90. The number of halogens is 1. The average Bonchev–Trinajstić information content (AvgIpc) is 3.16. The smallest absolute Gasteiger partial charge is 0.343 e. The van der Waals surface area contributed by atoms with E-state index in [0.717, 1.165) is 12.1 Å². The number of pyridine rings is 2. The summed E-state index contributed by atoms with van der Waals surface area (Å²) in [6, 6.07) is 3.75. The highest BCUT2D eigenvalue weighted by Crippen LogP contribution is 2.39. The van der Waals surface area contributed by atoms with Gasteiger partial charge in [0.15, 0.2) is 16.8 Å². The van der Waals surface area contributed by atoms with Gasteiger partial charge in [0.2, 0.25) is 0 Å². The van der Waals surface area contributed by atoms with Crippen molar-refractivity contribution >= 4 is 22.7 Å². The Morgan fingerprint density at radius 3 is 2.69 bits per heavy atom. The fourth-order valence-electron chi connectivity index (χ4n) is 5.25. The molecule has 3 aliphatic heterocycles. The van der Waals surface area contributed by atoms with E-state index in [-0.39, 0.29) is 65.1 Å². The van der Waals surface area contributed by atoms with Crippen LogP contribution in [0.3, 0.4) is 0 Å². The summed E-state index contributed by atoms with van der Waals surface area (Å²) in [4.78, 5) is 51.5.